The number of epoxide rings is 1. The summed E-state index contributed by atoms with van der Waals surface area (Å²) in [5.74, 6) is -1.68. The topological polar surface area (TPSA) is 109 Å². The van der Waals surface area contributed by atoms with Crippen LogP contribution in [-0.4, -0.2) is 50.9 Å². The summed E-state index contributed by atoms with van der Waals surface area (Å²) >= 11 is 1.61. The summed E-state index contributed by atoms with van der Waals surface area (Å²) in [6.07, 6.45) is 1.71. The first-order valence-electron chi connectivity index (χ1n) is 13.6. The number of nitrogens with zero attached hydrogens (tertiary/aromatic N) is 1. The number of aliphatic hydroxyl groups is 2. The lowest BCUT2D eigenvalue weighted by molar-refractivity contribution is -0.156. The SMILES string of the molecule is C=CC[C@@H]1C(=O)C(C)(C)[C@@H](O)CC(=O)O[C@H](c2ccc3sc(C)nc3c2)C[C@H]2O[C@@]2(C)CCC[C@H](C)[C@H]1O. The van der Waals surface area contributed by atoms with E-state index in [1.54, 1.807) is 31.3 Å². The summed E-state index contributed by atoms with van der Waals surface area (Å²) in [5.41, 5.74) is 0.115. The van der Waals surface area contributed by atoms with Crippen molar-refractivity contribution in [1.82, 2.24) is 4.98 Å². The van der Waals surface area contributed by atoms with Gasteiger partial charge in [0.25, 0.3) is 0 Å². The zero-order valence-electron chi connectivity index (χ0n) is 23.1. The highest BCUT2D eigenvalue weighted by molar-refractivity contribution is 7.18. The first-order chi connectivity index (χ1) is 17.9. The highest BCUT2D eigenvalue weighted by Gasteiger charge is 2.53. The van der Waals surface area contributed by atoms with Crippen molar-refractivity contribution in [3.63, 3.8) is 0 Å². The number of hydrogen-bond donors (Lipinski definition) is 2. The summed E-state index contributed by atoms with van der Waals surface area (Å²) in [6.45, 7) is 13.0. The molecule has 2 N–H and O–H groups in total. The molecule has 3 heterocycles. The number of fused-ring (bicyclic) bond motifs is 2. The molecule has 1 aromatic heterocycles. The largest absolute Gasteiger partial charge is 0.457 e. The van der Waals surface area contributed by atoms with Crippen molar-refractivity contribution in [1.29, 1.82) is 0 Å². The van der Waals surface area contributed by atoms with Crippen LogP contribution in [0.25, 0.3) is 10.2 Å². The third-order valence-corrected chi connectivity index (χ3v) is 9.49. The fourth-order valence-electron chi connectivity index (χ4n) is 5.70. The molecule has 8 heteroatoms. The van der Waals surface area contributed by atoms with Crippen LogP contribution in [0.2, 0.25) is 0 Å². The number of carbonyl (C=O) groups is 2. The maximum absolute atomic E-state index is 13.6. The molecule has 0 bridgehead atoms. The van der Waals surface area contributed by atoms with Gasteiger partial charge in [0.05, 0.1) is 51.0 Å². The lowest BCUT2D eigenvalue weighted by Crippen LogP contribution is -2.46. The van der Waals surface area contributed by atoms with E-state index in [1.165, 1.54) is 0 Å². The lowest BCUT2D eigenvalue weighted by atomic mass is 9.71. The Kier molecular flexibility index (Phi) is 8.48. The van der Waals surface area contributed by atoms with Crippen molar-refractivity contribution < 1.29 is 29.3 Å². The Morgan fingerprint density at radius 1 is 1.24 bits per heavy atom. The average molecular weight is 544 g/mol. The number of aryl methyl sites for hydroxylation is 1. The second-order valence-electron chi connectivity index (χ2n) is 11.9. The summed E-state index contributed by atoms with van der Waals surface area (Å²) in [5, 5.41) is 23.2. The predicted octanol–water partition coefficient (Wildman–Crippen LogP) is 5.46. The van der Waals surface area contributed by atoms with Gasteiger partial charge < -0.3 is 19.7 Å². The highest BCUT2D eigenvalue weighted by atomic mass is 32.1. The Hall–Kier alpha value is -2.13. The first-order valence-corrected chi connectivity index (χ1v) is 14.4. The molecule has 0 radical (unpaired) electrons. The van der Waals surface area contributed by atoms with Gasteiger partial charge in [0.15, 0.2) is 0 Å². The predicted molar refractivity (Wildman–Crippen MR) is 148 cm³/mol. The molecular weight excluding hydrogens is 502 g/mol. The molecule has 2 saturated heterocycles. The molecule has 0 aliphatic carbocycles. The second kappa shape index (κ2) is 11.2. The number of ketones is 1. The van der Waals surface area contributed by atoms with Crippen LogP contribution >= 0.6 is 11.3 Å². The number of aromatic nitrogens is 1. The third-order valence-electron chi connectivity index (χ3n) is 8.54. The maximum atomic E-state index is 13.6. The number of ether oxygens (including phenoxy) is 2. The van der Waals surface area contributed by atoms with E-state index >= 15 is 0 Å². The lowest BCUT2D eigenvalue weighted by Gasteiger charge is -2.35. The molecule has 38 heavy (non-hydrogen) atoms. The minimum absolute atomic E-state index is 0.0715. The van der Waals surface area contributed by atoms with Gasteiger partial charge in [-0.3, -0.25) is 9.59 Å². The minimum atomic E-state index is -1.27. The van der Waals surface area contributed by atoms with Gasteiger partial charge in [0.2, 0.25) is 0 Å². The van der Waals surface area contributed by atoms with E-state index in [1.807, 2.05) is 32.0 Å². The van der Waals surface area contributed by atoms with E-state index in [2.05, 4.69) is 18.5 Å². The zero-order chi connectivity index (χ0) is 27.8. The van der Waals surface area contributed by atoms with Crippen molar-refractivity contribution in [3.05, 3.63) is 41.4 Å². The van der Waals surface area contributed by atoms with Crippen LogP contribution in [0.3, 0.4) is 0 Å². The number of allylic oxidation sites excluding steroid dienone is 1. The number of thiazole rings is 1. The molecule has 4 rings (SSSR count). The molecule has 0 unspecified atom stereocenters. The molecule has 7 atom stereocenters. The first kappa shape index (κ1) is 28.9. The third kappa shape index (κ3) is 6.03. The molecule has 2 fully saturated rings. The molecule has 2 aromatic rings. The number of carbonyl (C=O) groups excluding carboxylic acids is 2. The molecule has 2 aliphatic heterocycles. The highest BCUT2D eigenvalue weighted by Crippen LogP contribution is 2.47. The number of cyclic esters (lactones) is 1. The summed E-state index contributed by atoms with van der Waals surface area (Å²) in [7, 11) is 0. The van der Waals surface area contributed by atoms with Crippen LogP contribution in [0, 0.1) is 24.2 Å². The average Bonchev–Trinajstić information content (AvgIpc) is 3.32. The molecule has 0 saturated carbocycles. The van der Waals surface area contributed by atoms with Crippen LogP contribution < -0.4 is 0 Å². The Morgan fingerprint density at radius 2 is 1.97 bits per heavy atom. The van der Waals surface area contributed by atoms with Gasteiger partial charge in [-0.1, -0.05) is 39.3 Å². The van der Waals surface area contributed by atoms with Crippen LogP contribution in [0.15, 0.2) is 30.9 Å². The molecular formula is C30H41NO6S. The maximum Gasteiger partial charge on any atom is 0.309 e. The molecule has 2 aliphatic rings. The fourth-order valence-corrected chi connectivity index (χ4v) is 6.51. The zero-order valence-corrected chi connectivity index (χ0v) is 23.9. The van der Waals surface area contributed by atoms with Gasteiger partial charge in [0, 0.05) is 12.3 Å². The Morgan fingerprint density at radius 3 is 2.68 bits per heavy atom. The summed E-state index contributed by atoms with van der Waals surface area (Å²) in [4.78, 5) is 31.3. The van der Waals surface area contributed by atoms with E-state index in [9.17, 15) is 19.8 Å². The molecule has 208 valence electrons. The van der Waals surface area contributed by atoms with Gasteiger partial charge in [-0.25, -0.2) is 4.98 Å². The number of rotatable bonds is 3. The van der Waals surface area contributed by atoms with E-state index in [0.717, 1.165) is 40.1 Å². The molecule has 7 nitrogen and oxygen atoms in total. The van der Waals surface area contributed by atoms with Crippen molar-refractivity contribution in [3.8, 4) is 0 Å². The van der Waals surface area contributed by atoms with Crippen molar-refractivity contribution in [2.24, 2.45) is 17.3 Å². The van der Waals surface area contributed by atoms with Crippen molar-refractivity contribution in [2.75, 3.05) is 0 Å². The van der Waals surface area contributed by atoms with Crippen LogP contribution in [-0.2, 0) is 19.1 Å². The monoisotopic (exact) mass is 543 g/mol. The van der Waals surface area contributed by atoms with Gasteiger partial charge >= 0.3 is 5.97 Å². The quantitative estimate of drug-likeness (QED) is 0.301. The summed E-state index contributed by atoms with van der Waals surface area (Å²) < 4.78 is 13.2. The van der Waals surface area contributed by atoms with Gasteiger partial charge in [-0.05, 0) is 56.7 Å². The number of benzene rings is 1. The Balaban J connectivity index is 1.63. The Bertz CT molecular complexity index is 1190. The number of aliphatic hydroxyl groups excluding tert-OH is 2. The van der Waals surface area contributed by atoms with E-state index in [0.29, 0.717) is 12.8 Å². The molecule has 1 aromatic carbocycles. The number of hydrogen-bond acceptors (Lipinski definition) is 8. The van der Waals surface area contributed by atoms with Gasteiger partial charge in [-0.15, -0.1) is 17.9 Å². The summed E-state index contributed by atoms with van der Waals surface area (Å²) in [6, 6.07) is 5.92. The number of Topliss-reactive ketones (excluding diaryl/α,β-unsaturated/α-hetero) is 1. The van der Waals surface area contributed by atoms with Crippen molar-refractivity contribution in [2.45, 2.75) is 103 Å². The smallest absolute Gasteiger partial charge is 0.309 e. The van der Waals surface area contributed by atoms with Crippen molar-refractivity contribution >= 4 is 33.3 Å². The van der Waals surface area contributed by atoms with Crippen LogP contribution in [0.5, 0.6) is 0 Å². The fraction of sp³-hybridized carbons (Fsp3) is 0.633. The van der Waals surface area contributed by atoms with E-state index in [4.69, 9.17) is 9.47 Å². The van der Waals surface area contributed by atoms with Crippen LogP contribution in [0.1, 0.15) is 82.9 Å². The normalized spacial score (nSPS) is 34.9. The standard InChI is InChI=1S/C30H41NO6S/c1-7-9-20-27(34)17(2)10-8-13-30(6)25(37-30)15-22(19-11-12-23-21(14-19)31-18(3)38-23)36-26(33)16-24(32)29(4,5)28(20)35/h7,11-12,14,17,20,22,24-25,27,32,34H,1,8-10,13,15-16H2,2-6H3/t17-,20-,22-,24-,25+,27+,30-/m0/s1. The molecule has 0 spiro atoms. The molecule has 0 amide bonds. The van der Waals surface area contributed by atoms with Gasteiger partial charge in [0.1, 0.15) is 11.9 Å². The number of esters is 1. The second-order valence-corrected chi connectivity index (χ2v) is 13.1. The van der Waals surface area contributed by atoms with Gasteiger partial charge in [-0.2, -0.15) is 0 Å². The Labute approximate surface area is 229 Å². The van der Waals surface area contributed by atoms with Crippen LogP contribution in [0.4, 0.5) is 0 Å². The minimum Gasteiger partial charge on any atom is -0.457 e. The van der Waals surface area contributed by atoms with E-state index < -0.39 is 35.6 Å². The van der Waals surface area contributed by atoms with E-state index in [-0.39, 0.29) is 29.8 Å².